The highest BCUT2D eigenvalue weighted by atomic mass is 16.2. The van der Waals surface area contributed by atoms with Gasteiger partial charge in [0.15, 0.2) is 0 Å². The zero-order valence-electron chi connectivity index (χ0n) is 13.9. The van der Waals surface area contributed by atoms with E-state index in [0.29, 0.717) is 31.0 Å². The molecule has 3 rings (SSSR count). The monoisotopic (exact) mass is 317 g/mol. The van der Waals surface area contributed by atoms with Crippen LogP contribution < -0.4 is 5.32 Å². The molecular formula is C17H27N5O. The van der Waals surface area contributed by atoms with Crippen LogP contribution in [0.25, 0.3) is 0 Å². The maximum atomic E-state index is 12.6. The fraction of sp³-hybridized carbons (Fsp3) is 0.706. The molecule has 0 aliphatic carbocycles. The lowest BCUT2D eigenvalue weighted by atomic mass is 10.0. The fourth-order valence-electron chi connectivity index (χ4n) is 4.00. The van der Waals surface area contributed by atoms with Crippen molar-refractivity contribution in [1.29, 1.82) is 0 Å². The van der Waals surface area contributed by atoms with Gasteiger partial charge in [-0.15, -0.1) is 0 Å². The fourth-order valence-corrected chi connectivity index (χ4v) is 4.00. The van der Waals surface area contributed by atoms with Gasteiger partial charge >= 0.3 is 0 Å². The molecule has 1 aromatic rings. The molecule has 2 atom stereocenters. The van der Waals surface area contributed by atoms with Gasteiger partial charge in [0.25, 0.3) is 0 Å². The highest BCUT2D eigenvalue weighted by Crippen LogP contribution is 2.30. The van der Waals surface area contributed by atoms with E-state index in [1.165, 1.54) is 19.4 Å². The summed E-state index contributed by atoms with van der Waals surface area (Å²) in [7, 11) is 0. The third-order valence-corrected chi connectivity index (χ3v) is 5.07. The van der Waals surface area contributed by atoms with Gasteiger partial charge in [-0.3, -0.25) is 9.69 Å². The second kappa shape index (κ2) is 7.73. The number of hydrogen-bond donors (Lipinski definition) is 1. The Morgan fingerprint density at radius 1 is 1.22 bits per heavy atom. The lowest BCUT2D eigenvalue weighted by Crippen LogP contribution is -2.48. The summed E-state index contributed by atoms with van der Waals surface area (Å²) >= 11 is 0. The molecule has 2 saturated heterocycles. The summed E-state index contributed by atoms with van der Waals surface area (Å²) in [6.07, 6.45) is 8.71. The summed E-state index contributed by atoms with van der Waals surface area (Å²) < 4.78 is 0. The van der Waals surface area contributed by atoms with Gasteiger partial charge in [0.05, 0.1) is 0 Å². The van der Waals surface area contributed by atoms with Crippen molar-refractivity contribution in [3.63, 3.8) is 0 Å². The standard InChI is InChI=1S/C17H27N5O/c1-2-21-12-3-6-14(21)15-7-4-13-22(15)16(23)8-11-20-17-18-9-5-10-19-17/h5,9-10,14-15H,2-4,6-8,11-13H2,1H3,(H,18,19,20)/t14-,15-/m0/s1. The number of anilines is 1. The quantitative estimate of drug-likeness (QED) is 0.866. The second-order valence-electron chi connectivity index (χ2n) is 6.38. The number of nitrogens with zero attached hydrogens (tertiary/aromatic N) is 4. The molecule has 6 heteroatoms. The van der Waals surface area contributed by atoms with Crippen LogP contribution >= 0.6 is 0 Å². The average Bonchev–Trinajstić information content (AvgIpc) is 3.24. The predicted octanol–water partition coefficient (Wildman–Crippen LogP) is 1.75. The number of likely N-dealkylation sites (tertiary alicyclic amines) is 2. The van der Waals surface area contributed by atoms with Crippen LogP contribution in [0.2, 0.25) is 0 Å². The minimum Gasteiger partial charge on any atom is -0.354 e. The van der Waals surface area contributed by atoms with E-state index in [9.17, 15) is 4.79 Å². The first kappa shape index (κ1) is 16.2. The number of likely N-dealkylation sites (N-methyl/N-ethyl adjacent to an activating group) is 1. The van der Waals surface area contributed by atoms with Crippen molar-refractivity contribution < 1.29 is 4.79 Å². The molecule has 0 bridgehead atoms. The Morgan fingerprint density at radius 2 is 1.96 bits per heavy atom. The molecule has 1 aromatic heterocycles. The van der Waals surface area contributed by atoms with Crippen molar-refractivity contribution in [2.24, 2.45) is 0 Å². The molecule has 23 heavy (non-hydrogen) atoms. The van der Waals surface area contributed by atoms with Crippen LogP contribution in [0.15, 0.2) is 18.5 Å². The Balaban J connectivity index is 1.52. The van der Waals surface area contributed by atoms with Gasteiger partial charge < -0.3 is 10.2 Å². The molecule has 3 heterocycles. The van der Waals surface area contributed by atoms with E-state index in [-0.39, 0.29) is 5.91 Å². The first-order chi connectivity index (χ1) is 11.3. The third-order valence-electron chi connectivity index (χ3n) is 5.07. The summed E-state index contributed by atoms with van der Waals surface area (Å²) in [5.74, 6) is 0.852. The van der Waals surface area contributed by atoms with Gasteiger partial charge in [-0.2, -0.15) is 0 Å². The predicted molar refractivity (Wildman–Crippen MR) is 90.1 cm³/mol. The molecular weight excluding hydrogens is 290 g/mol. The number of amides is 1. The zero-order chi connectivity index (χ0) is 16.1. The molecule has 0 unspecified atom stereocenters. The minimum absolute atomic E-state index is 0.263. The Morgan fingerprint density at radius 3 is 2.74 bits per heavy atom. The topological polar surface area (TPSA) is 61.4 Å². The van der Waals surface area contributed by atoms with E-state index in [0.717, 1.165) is 25.9 Å². The molecule has 6 nitrogen and oxygen atoms in total. The van der Waals surface area contributed by atoms with E-state index >= 15 is 0 Å². The van der Waals surface area contributed by atoms with Crippen LogP contribution in [0.4, 0.5) is 5.95 Å². The Hall–Kier alpha value is -1.69. The highest BCUT2D eigenvalue weighted by Gasteiger charge is 2.38. The van der Waals surface area contributed by atoms with E-state index in [1.54, 1.807) is 18.5 Å². The lowest BCUT2D eigenvalue weighted by molar-refractivity contribution is -0.132. The molecule has 0 aromatic carbocycles. The van der Waals surface area contributed by atoms with Crippen LogP contribution in [0.1, 0.15) is 39.0 Å². The highest BCUT2D eigenvalue weighted by molar-refractivity contribution is 5.77. The number of hydrogen-bond acceptors (Lipinski definition) is 5. The first-order valence-electron chi connectivity index (χ1n) is 8.84. The molecule has 2 aliphatic rings. The van der Waals surface area contributed by atoms with Gasteiger partial charge in [-0.05, 0) is 44.8 Å². The van der Waals surface area contributed by atoms with E-state index < -0.39 is 0 Å². The SMILES string of the molecule is CCN1CCC[C@H]1[C@@H]1CCCN1C(=O)CCNc1ncccn1. The lowest BCUT2D eigenvalue weighted by Gasteiger charge is -2.34. The molecule has 0 saturated carbocycles. The first-order valence-corrected chi connectivity index (χ1v) is 8.84. The van der Waals surface area contributed by atoms with Crippen molar-refractivity contribution in [2.45, 2.75) is 51.1 Å². The number of nitrogens with one attached hydrogen (secondary N) is 1. The van der Waals surface area contributed by atoms with Crippen LogP contribution in [-0.4, -0.2) is 63.9 Å². The average molecular weight is 317 g/mol. The van der Waals surface area contributed by atoms with Gasteiger partial charge in [-0.1, -0.05) is 6.92 Å². The summed E-state index contributed by atoms with van der Waals surface area (Å²) in [5.41, 5.74) is 0. The molecule has 126 valence electrons. The summed E-state index contributed by atoms with van der Waals surface area (Å²) in [4.78, 5) is 25.5. The Labute approximate surface area is 138 Å². The van der Waals surface area contributed by atoms with E-state index in [2.05, 4.69) is 32.0 Å². The van der Waals surface area contributed by atoms with Crippen molar-refractivity contribution in [3.8, 4) is 0 Å². The summed E-state index contributed by atoms with van der Waals surface area (Å²) in [5, 5.41) is 3.12. The molecule has 0 spiro atoms. The van der Waals surface area contributed by atoms with Gasteiger partial charge in [0.2, 0.25) is 11.9 Å². The van der Waals surface area contributed by atoms with Crippen LogP contribution in [0.5, 0.6) is 0 Å². The van der Waals surface area contributed by atoms with Crippen molar-refractivity contribution in [2.75, 3.05) is 31.5 Å². The zero-order valence-corrected chi connectivity index (χ0v) is 13.9. The molecule has 2 aliphatic heterocycles. The van der Waals surface area contributed by atoms with Gasteiger partial charge in [-0.25, -0.2) is 9.97 Å². The number of carbonyl (C=O) groups is 1. The van der Waals surface area contributed by atoms with Crippen molar-refractivity contribution in [3.05, 3.63) is 18.5 Å². The summed E-state index contributed by atoms with van der Waals surface area (Å²) in [6, 6.07) is 2.77. The van der Waals surface area contributed by atoms with E-state index in [4.69, 9.17) is 0 Å². The molecule has 0 radical (unpaired) electrons. The second-order valence-corrected chi connectivity index (χ2v) is 6.38. The Bertz CT molecular complexity index is 509. The normalized spacial score (nSPS) is 25.0. The van der Waals surface area contributed by atoms with Crippen molar-refractivity contribution >= 4 is 11.9 Å². The van der Waals surface area contributed by atoms with E-state index in [1.807, 2.05) is 0 Å². The van der Waals surface area contributed by atoms with Crippen LogP contribution in [0.3, 0.4) is 0 Å². The Kier molecular flexibility index (Phi) is 5.43. The van der Waals surface area contributed by atoms with Crippen molar-refractivity contribution in [1.82, 2.24) is 19.8 Å². The largest absolute Gasteiger partial charge is 0.354 e. The van der Waals surface area contributed by atoms with Gasteiger partial charge in [0, 0.05) is 44.0 Å². The number of rotatable bonds is 6. The molecule has 1 N–H and O–H groups in total. The van der Waals surface area contributed by atoms with Gasteiger partial charge in [0.1, 0.15) is 0 Å². The minimum atomic E-state index is 0.263. The third kappa shape index (κ3) is 3.80. The number of carbonyl (C=O) groups excluding carboxylic acids is 1. The number of aromatic nitrogens is 2. The smallest absolute Gasteiger partial charge is 0.224 e. The van der Waals surface area contributed by atoms with Crippen LogP contribution in [-0.2, 0) is 4.79 Å². The molecule has 2 fully saturated rings. The van der Waals surface area contributed by atoms with Crippen LogP contribution in [0, 0.1) is 0 Å². The maximum absolute atomic E-state index is 12.6. The maximum Gasteiger partial charge on any atom is 0.224 e. The summed E-state index contributed by atoms with van der Waals surface area (Å²) in [6.45, 7) is 6.01. The molecule has 1 amide bonds.